The van der Waals surface area contributed by atoms with E-state index in [4.69, 9.17) is 4.42 Å². The van der Waals surface area contributed by atoms with Crippen LogP contribution in [0.2, 0.25) is 0 Å². The number of rotatable bonds is 7. The summed E-state index contributed by atoms with van der Waals surface area (Å²) in [7, 11) is -2.19. The van der Waals surface area contributed by atoms with E-state index in [1.54, 1.807) is 17.2 Å². The maximum absolute atomic E-state index is 13.0. The van der Waals surface area contributed by atoms with Crippen LogP contribution < -0.4 is 4.72 Å². The van der Waals surface area contributed by atoms with Crippen molar-refractivity contribution in [1.82, 2.24) is 9.62 Å². The number of furan rings is 1. The van der Waals surface area contributed by atoms with Crippen LogP contribution in [-0.2, 0) is 23.1 Å². The largest absolute Gasteiger partial charge is 0.467 e. The molecule has 0 spiro atoms. The molecule has 1 amide bonds. The average molecular weight is 384 g/mol. The Balaban J connectivity index is 1.85. The lowest BCUT2D eigenvalue weighted by molar-refractivity contribution is 0.0717. The van der Waals surface area contributed by atoms with E-state index < -0.39 is 10.0 Å². The van der Waals surface area contributed by atoms with Crippen molar-refractivity contribution < 1.29 is 17.6 Å². The molecule has 0 unspecified atom stereocenters. The highest BCUT2D eigenvalue weighted by atomic mass is 32.2. The molecular formula is C20H20N2O4S. The molecule has 0 bridgehead atoms. The van der Waals surface area contributed by atoms with Crippen LogP contribution in [0.15, 0.2) is 82.3 Å². The zero-order chi connectivity index (χ0) is 19.3. The summed E-state index contributed by atoms with van der Waals surface area (Å²) in [6.07, 6.45) is 1.57. The van der Waals surface area contributed by atoms with Gasteiger partial charge in [0.25, 0.3) is 5.91 Å². The lowest BCUT2D eigenvalue weighted by Gasteiger charge is -2.22. The fourth-order valence-electron chi connectivity index (χ4n) is 2.67. The number of sulfonamides is 1. The third-order valence-electron chi connectivity index (χ3n) is 4.11. The van der Waals surface area contributed by atoms with E-state index in [0.717, 1.165) is 5.56 Å². The van der Waals surface area contributed by atoms with Gasteiger partial charge < -0.3 is 9.32 Å². The van der Waals surface area contributed by atoms with E-state index in [2.05, 4.69) is 4.72 Å². The number of nitrogens with one attached hydrogen (secondary N) is 1. The van der Waals surface area contributed by atoms with Gasteiger partial charge in [0.1, 0.15) is 5.76 Å². The molecule has 2 aromatic carbocycles. The molecule has 0 atom stereocenters. The van der Waals surface area contributed by atoms with Crippen molar-refractivity contribution in [3.63, 3.8) is 0 Å². The van der Waals surface area contributed by atoms with E-state index in [-0.39, 0.29) is 10.8 Å². The molecule has 0 radical (unpaired) electrons. The van der Waals surface area contributed by atoms with E-state index in [1.807, 2.05) is 36.4 Å². The van der Waals surface area contributed by atoms with Crippen molar-refractivity contribution in [2.75, 3.05) is 7.05 Å². The van der Waals surface area contributed by atoms with Gasteiger partial charge in [0.15, 0.2) is 0 Å². The molecule has 1 aromatic heterocycles. The number of benzene rings is 2. The van der Waals surface area contributed by atoms with Crippen molar-refractivity contribution >= 4 is 15.9 Å². The van der Waals surface area contributed by atoms with Crippen LogP contribution in [0.5, 0.6) is 0 Å². The van der Waals surface area contributed by atoms with Crippen LogP contribution in [0, 0.1) is 0 Å². The van der Waals surface area contributed by atoms with Gasteiger partial charge in [-0.05, 0) is 49.0 Å². The summed E-state index contributed by atoms with van der Waals surface area (Å²) < 4.78 is 31.3. The Morgan fingerprint density at radius 3 is 2.26 bits per heavy atom. The van der Waals surface area contributed by atoms with Gasteiger partial charge in [-0.1, -0.05) is 30.3 Å². The number of amides is 1. The van der Waals surface area contributed by atoms with Crippen molar-refractivity contribution in [2.45, 2.75) is 18.0 Å². The first-order valence-corrected chi connectivity index (χ1v) is 9.87. The van der Waals surface area contributed by atoms with E-state index in [9.17, 15) is 13.2 Å². The zero-order valence-corrected chi connectivity index (χ0v) is 15.6. The predicted octanol–water partition coefficient (Wildman–Crippen LogP) is 3.03. The third-order valence-corrected chi connectivity index (χ3v) is 5.54. The minimum Gasteiger partial charge on any atom is -0.467 e. The summed E-state index contributed by atoms with van der Waals surface area (Å²) in [5.74, 6) is 0.470. The van der Waals surface area contributed by atoms with Crippen LogP contribution in [0.3, 0.4) is 0 Å². The van der Waals surface area contributed by atoms with E-state index in [1.165, 1.54) is 31.3 Å². The second kappa shape index (κ2) is 8.20. The standard InChI is InChI=1S/C20H20N2O4S/c1-21-27(24,25)19-11-9-17(10-12-19)20(23)22(15-18-8-5-13-26-18)14-16-6-3-2-4-7-16/h2-13,21H,14-15H2,1H3. The van der Waals surface area contributed by atoms with Crippen molar-refractivity contribution in [3.05, 3.63) is 89.9 Å². The molecule has 0 saturated carbocycles. The summed E-state index contributed by atoms with van der Waals surface area (Å²) in [5.41, 5.74) is 1.40. The number of nitrogens with zero attached hydrogens (tertiary/aromatic N) is 1. The Morgan fingerprint density at radius 2 is 1.67 bits per heavy atom. The molecule has 0 aliphatic heterocycles. The topological polar surface area (TPSA) is 79.6 Å². The number of hydrogen-bond acceptors (Lipinski definition) is 4. The molecule has 0 aliphatic carbocycles. The number of hydrogen-bond donors (Lipinski definition) is 1. The number of carbonyl (C=O) groups is 1. The quantitative estimate of drug-likeness (QED) is 0.679. The van der Waals surface area contributed by atoms with Crippen LogP contribution in [0.1, 0.15) is 21.7 Å². The SMILES string of the molecule is CNS(=O)(=O)c1ccc(C(=O)N(Cc2ccccc2)Cc2ccco2)cc1. The van der Waals surface area contributed by atoms with Gasteiger partial charge in [-0.15, -0.1) is 0 Å². The summed E-state index contributed by atoms with van der Waals surface area (Å²) >= 11 is 0. The fourth-order valence-corrected chi connectivity index (χ4v) is 3.40. The highest BCUT2D eigenvalue weighted by molar-refractivity contribution is 7.89. The van der Waals surface area contributed by atoms with Gasteiger partial charge in [-0.2, -0.15) is 0 Å². The third kappa shape index (κ3) is 4.64. The molecule has 1 N–H and O–H groups in total. The van der Waals surface area contributed by atoms with E-state index >= 15 is 0 Å². The highest BCUT2D eigenvalue weighted by Gasteiger charge is 2.19. The van der Waals surface area contributed by atoms with E-state index in [0.29, 0.717) is 24.4 Å². The lowest BCUT2D eigenvalue weighted by Crippen LogP contribution is -2.30. The monoisotopic (exact) mass is 384 g/mol. The maximum Gasteiger partial charge on any atom is 0.254 e. The minimum absolute atomic E-state index is 0.113. The molecular weight excluding hydrogens is 364 g/mol. The smallest absolute Gasteiger partial charge is 0.254 e. The Labute approximate surface area is 158 Å². The molecule has 7 heteroatoms. The van der Waals surface area contributed by atoms with Crippen molar-refractivity contribution in [2.24, 2.45) is 0 Å². The average Bonchev–Trinajstić information content (AvgIpc) is 3.21. The van der Waals surface area contributed by atoms with Crippen LogP contribution in [0.25, 0.3) is 0 Å². The van der Waals surface area contributed by atoms with Crippen LogP contribution >= 0.6 is 0 Å². The maximum atomic E-state index is 13.0. The first-order valence-electron chi connectivity index (χ1n) is 8.39. The van der Waals surface area contributed by atoms with Gasteiger partial charge in [-0.25, -0.2) is 13.1 Å². The van der Waals surface area contributed by atoms with Crippen LogP contribution in [0.4, 0.5) is 0 Å². The Kier molecular flexibility index (Phi) is 5.73. The summed E-state index contributed by atoms with van der Waals surface area (Å²) in [5, 5.41) is 0. The molecule has 1 heterocycles. The second-order valence-corrected chi connectivity index (χ2v) is 7.84. The molecule has 0 aliphatic rings. The Hall–Kier alpha value is -2.90. The zero-order valence-electron chi connectivity index (χ0n) is 14.8. The van der Waals surface area contributed by atoms with Crippen molar-refractivity contribution in [1.29, 1.82) is 0 Å². The molecule has 0 fully saturated rings. The van der Waals surface area contributed by atoms with Gasteiger partial charge in [0.2, 0.25) is 10.0 Å². The lowest BCUT2D eigenvalue weighted by atomic mass is 10.1. The molecule has 27 heavy (non-hydrogen) atoms. The second-order valence-electron chi connectivity index (χ2n) is 5.96. The van der Waals surface area contributed by atoms with Gasteiger partial charge in [0.05, 0.1) is 17.7 Å². The molecule has 6 nitrogen and oxygen atoms in total. The Morgan fingerprint density at radius 1 is 0.963 bits per heavy atom. The summed E-state index contributed by atoms with van der Waals surface area (Å²) in [6, 6.07) is 19.1. The first kappa shape index (κ1) is 18.9. The Bertz CT molecular complexity index is 982. The molecule has 0 saturated heterocycles. The molecule has 3 rings (SSSR count). The summed E-state index contributed by atoms with van der Waals surface area (Å²) in [4.78, 5) is 14.8. The summed E-state index contributed by atoms with van der Waals surface area (Å²) in [6.45, 7) is 0.730. The molecule has 140 valence electrons. The predicted molar refractivity (Wildman–Crippen MR) is 101 cm³/mol. The fraction of sp³-hybridized carbons (Fsp3) is 0.150. The number of carbonyl (C=O) groups excluding carboxylic acids is 1. The first-order chi connectivity index (χ1) is 13.0. The van der Waals surface area contributed by atoms with Crippen LogP contribution in [-0.4, -0.2) is 26.3 Å². The highest BCUT2D eigenvalue weighted by Crippen LogP contribution is 2.16. The minimum atomic E-state index is -3.54. The van der Waals surface area contributed by atoms with Crippen molar-refractivity contribution in [3.8, 4) is 0 Å². The van der Waals surface area contributed by atoms with Gasteiger partial charge in [-0.3, -0.25) is 4.79 Å². The van der Waals surface area contributed by atoms with Gasteiger partial charge >= 0.3 is 0 Å². The molecule has 3 aromatic rings. The normalized spacial score (nSPS) is 11.3. The van der Waals surface area contributed by atoms with Gasteiger partial charge in [0, 0.05) is 12.1 Å².